The molecule has 2 unspecified atom stereocenters. The molecule has 214 valence electrons. The van der Waals surface area contributed by atoms with Gasteiger partial charge in [-0.25, -0.2) is 18.0 Å². The molecule has 0 bridgehead atoms. The van der Waals surface area contributed by atoms with Crippen molar-refractivity contribution in [2.45, 2.75) is 69.7 Å². The highest BCUT2D eigenvalue weighted by Gasteiger charge is 2.46. The first kappa shape index (κ1) is 30.7. The molecule has 2 amide bonds. The van der Waals surface area contributed by atoms with Crippen molar-refractivity contribution < 1.29 is 37.5 Å². The Morgan fingerprint density at radius 2 is 1.95 bits per heavy atom. The minimum Gasteiger partial charge on any atom is -0.441 e. The maximum Gasteiger partial charge on any atom is 0.475 e. The predicted octanol–water partition coefficient (Wildman–Crippen LogP) is 2.17. The van der Waals surface area contributed by atoms with E-state index in [1.165, 1.54) is 0 Å². The fourth-order valence-electron chi connectivity index (χ4n) is 5.36. The van der Waals surface area contributed by atoms with Crippen molar-refractivity contribution >= 4 is 19.1 Å². The van der Waals surface area contributed by atoms with E-state index in [0.29, 0.717) is 6.42 Å². The number of benzene rings is 1. The van der Waals surface area contributed by atoms with Gasteiger partial charge in [-0.05, 0) is 38.2 Å². The average molecular weight is 552 g/mol. The summed E-state index contributed by atoms with van der Waals surface area (Å²) in [6.07, 6.45) is -3.93. The summed E-state index contributed by atoms with van der Waals surface area (Å²) in [6.45, 7) is 4.48. The van der Waals surface area contributed by atoms with E-state index in [0.717, 1.165) is 10.5 Å². The number of hydrogen-bond acceptors (Lipinski definition) is 7. The third kappa shape index (κ3) is 8.09. The van der Waals surface area contributed by atoms with E-state index in [9.17, 15) is 38.1 Å². The lowest BCUT2D eigenvalue weighted by Gasteiger charge is -2.38. The number of carbonyl (C=O) groups excluding carboxylic acids is 2. The zero-order chi connectivity index (χ0) is 29.0. The van der Waals surface area contributed by atoms with Gasteiger partial charge in [-0.2, -0.15) is 5.26 Å². The molecule has 0 spiro atoms. The third-order valence-electron chi connectivity index (χ3n) is 7.55. The smallest absolute Gasteiger partial charge is 0.441 e. The molecule has 13 heteroatoms. The van der Waals surface area contributed by atoms with Crippen LogP contribution in [0.15, 0.2) is 30.3 Å². The second kappa shape index (κ2) is 12.6. The number of carbonyl (C=O) groups is 2. The van der Waals surface area contributed by atoms with Gasteiger partial charge in [-0.3, -0.25) is 9.69 Å². The van der Waals surface area contributed by atoms with Gasteiger partial charge in [0.05, 0.1) is 31.6 Å². The minimum atomic E-state index is -2.77. The summed E-state index contributed by atoms with van der Waals surface area (Å²) in [5.74, 6) is -6.13. The van der Waals surface area contributed by atoms with Gasteiger partial charge in [0.25, 0.3) is 5.92 Å². The number of alkyl carbamates (subject to hydrolysis) is 1. The van der Waals surface area contributed by atoms with Crippen molar-refractivity contribution in [3.63, 3.8) is 0 Å². The van der Waals surface area contributed by atoms with Crippen molar-refractivity contribution in [1.82, 2.24) is 15.1 Å². The Kier molecular flexibility index (Phi) is 9.91. The molecule has 39 heavy (non-hydrogen) atoms. The molecule has 2 fully saturated rings. The van der Waals surface area contributed by atoms with Gasteiger partial charge >= 0.3 is 13.2 Å². The lowest BCUT2D eigenvalue weighted by atomic mass is 9.76. The van der Waals surface area contributed by atoms with Crippen molar-refractivity contribution in [2.24, 2.45) is 11.8 Å². The van der Waals surface area contributed by atoms with Gasteiger partial charge in [0.2, 0.25) is 5.91 Å². The Morgan fingerprint density at radius 3 is 2.51 bits per heavy atom. The summed E-state index contributed by atoms with van der Waals surface area (Å²) in [7, 11) is -1.89. The Bertz CT molecular complexity index is 1040. The normalized spacial score (nSPS) is 23.5. The maximum absolute atomic E-state index is 14.8. The lowest BCUT2D eigenvalue weighted by Crippen LogP contribution is -2.49. The molecule has 3 N–H and O–H groups in total. The Morgan fingerprint density at radius 1 is 1.28 bits per heavy atom. The standard InChI is InChI=1S/C26H36BF3N4O5/c1-17(12-25(2,3)34-10-9-26(29,30)16-34)19(13-31)23(35)33-14-20(28)21(15-33)39-24(36)32-22(27(37)38)11-18-7-5-4-6-8-18/h4-8,17,19-22,37-38H,9-12,14-16H2,1-3H3,(H,32,36)/t17?,19?,20-,21+,22+/m1/s1. The highest BCUT2D eigenvalue weighted by molar-refractivity contribution is 6.43. The van der Waals surface area contributed by atoms with Crippen molar-refractivity contribution in [3.8, 4) is 6.07 Å². The highest BCUT2D eigenvalue weighted by Crippen LogP contribution is 2.36. The molecular weight excluding hydrogens is 516 g/mol. The maximum atomic E-state index is 14.8. The van der Waals surface area contributed by atoms with Crippen LogP contribution in [-0.4, -0.2) is 94.8 Å². The van der Waals surface area contributed by atoms with E-state index in [2.05, 4.69) is 5.32 Å². The van der Waals surface area contributed by atoms with E-state index in [1.54, 1.807) is 56.0 Å². The van der Waals surface area contributed by atoms with Crippen LogP contribution in [0.25, 0.3) is 0 Å². The Balaban J connectivity index is 1.56. The third-order valence-corrected chi connectivity index (χ3v) is 7.55. The summed E-state index contributed by atoms with van der Waals surface area (Å²) in [4.78, 5) is 28.4. The molecule has 5 atom stereocenters. The van der Waals surface area contributed by atoms with Gasteiger partial charge in [0.15, 0.2) is 12.3 Å². The SMILES string of the molecule is CC(CC(C)(C)N1CCC(F)(F)C1)C(C#N)C(=O)N1C[C@@H](F)[C@@H](OC(=O)N[C@@H](Cc2ccccc2)B(O)O)C1. The lowest BCUT2D eigenvalue weighted by molar-refractivity contribution is -0.134. The van der Waals surface area contributed by atoms with Crippen LogP contribution in [0.3, 0.4) is 0 Å². The summed E-state index contributed by atoms with van der Waals surface area (Å²) >= 11 is 0. The quantitative estimate of drug-likeness (QED) is 0.380. The van der Waals surface area contributed by atoms with Crippen LogP contribution in [0, 0.1) is 23.2 Å². The molecule has 9 nitrogen and oxygen atoms in total. The van der Waals surface area contributed by atoms with Crippen LogP contribution >= 0.6 is 0 Å². The number of rotatable bonds is 10. The van der Waals surface area contributed by atoms with E-state index in [4.69, 9.17) is 4.74 Å². The van der Waals surface area contributed by atoms with Crippen LogP contribution in [-0.2, 0) is 16.0 Å². The van der Waals surface area contributed by atoms with Gasteiger partial charge in [0.1, 0.15) is 5.92 Å². The topological polar surface area (TPSA) is 126 Å². The summed E-state index contributed by atoms with van der Waals surface area (Å²) in [6, 6.07) is 10.8. The van der Waals surface area contributed by atoms with Crippen LogP contribution in [0.4, 0.5) is 18.0 Å². The Hall–Kier alpha value is -2.82. The van der Waals surface area contributed by atoms with Gasteiger partial charge in [-0.1, -0.05) is 37.3 Å². The summed E-state index contributed by atoms with van der Waals surface area (Å²) < 4.78 is 47.4. The number of hydrogen-bond donors (Lipinski definition) is 3. The van der Waals surface area contributed by atoms with Crippen molar-refractivity contribution in [1.29, 1.82) is 5.26 Å². The van der Waals surface area contributed by atoms with E-state index < -0.39 is 60.6 Å². The van der Waals surface area contributed by atoms with Gasteiger partial charge in [-0.15, -0.1) is 0 Å². The van der Waals surface area contributed by atoms with Crippen LogP contribution < -0.4 is 5.32 Å². The molecule has 1 aromatic carbocycles. The zero-order valence-electron chi connectivity index (χ0n) is 22.4. The van der Waals surface area contributed by atoms with E-state index in [-0.39, 0.29) is 39.0 Å². The number of nitrogens with one attached hydrogen (secondary N) is 1. The highest BCUT2D eigenvalue weighted by atomic mass is 19.3. The first-order valence-corrected chi connectivity index (χ1v) is 13.0. The molecule has 2 aliphatic rings. The van der Waals surface area contributed by atoms with Crippen LogP contribution in [0.5, 0.6) is 0 Å². The Labute approximate surface area is 227 Å². The van der Waals surface area contributed by atoms with E-state index in [1.807, 2.05) is 6.07 Å². The molecule has 2 heterocycles. The zero-order valence-corrected chi connectivity index (χ0v) is 22.4. The molecule has 1 aromatic rings. The van der Waals surface area contributed by atoms with Crippen LogP contribution in [0.1, 0.15) is 39.2 Å². The molecular formula is C26H36BF3N4O5. The molecule has 0 aliphatic carbocycles. The second-order valence-corrected chi connectivity index (χ2v) is 11.2. The monoisotopic (exact) mass is 552 g/mol. The second-order valence-electron chi connectivity index (χ2n) is 11.2. The fourth-order valence-corrected chi connectivity index (χ4v) is 5.36. The molecule has 0 radical (unpaired) electrons. The molecule has 2 saturated heterocycles. The number of amides is 2. The number of alkyl halides is 3. The number of nitrogens with zero attached hydrogens (tertiary/aromatic N) is 3. The average Bonchev–Trinajstić information content (AvgIpc) is 3.41. The van der Waals surface area contributed by atoms with Crippen molar-refractivity contribution in [3.05, 3.63) is 35.9 Å². The molecule has 0 aromatic heterocycles. The number of ether oxygens (including phenoxy) is 1. The first-order valence-electron chi connectivity index (χ1n) is 13.0. The minimum absolute atomic E-state index is 0.0924. The molecule has 3 rings (SSSR count). The van der Waals surface area contributed by atoms with Crippen molar-refractivity contribution in [2.75, 3.05) is 26.2 Å². The summed E-state index contributed by atoms with van der Waals surface area (Å²) in [5.41, 5.74) is 0.0508. The first-order chi connectivity index (χ1) is 18.2. The molecule has 0 saturated carbocycles. The van der Waals surface area contributed by atoms with E-state index >= 15 is 0 Å². The summed E-state index contributed by atoms with van der Waals surface area (Å²) in [5, 5.41) is 31.4. The number of halogens is 3. The number of nitriles is 1. The largest absolute Gasteiger partial charge is 0.475 e. The van der Waals surface area contributed by atoms with Gasteiger partial charge < -0.3 is 25.0 Å². The van der Waals surface area contributed by atoms with Gasteiger partial charge in [0, 0.05) is 18.5 Å². The predicted molar refractivity (Wildman–Crippen MR) is 137 cm³/mol. The van der Waals surface area contributed by atoms with Crippen LogP contribution in [0.2, 0.25) is 0 Å². The molecule has 2 aliphatic heterocycles. The number of likely N-dealkylation sites (tertiary alicyclic amines) is 2. The fraction of sp³-hybridized carbons (Fsp3) is 0.654.